The van der Waals surface area contributed by atoms with Crippen LogP contribution in [-0.4, -0.2) is 19.2 Å². The van der Waals surface area contributed by atoms with Crippen molar-refractivity contribution in [2.75, 3.05) is 14.2 Å². The number of methoxy groups -OCH3 is 2. The normalized spacial score (nSPS) is 11.1. The summed E-state index contributed by atoms with van der Waals surface area (Å²) in [4.78, 5) is 16.4. The molecule has 5 nitrogen and oxygen atoms in total. The number of aromatic nitrogens is 1. The van der Waals surface area contributed by atoms with Gasteiger partial charge >= 0.3 is 5.63 Å². The Kier molecular flexibility index (Phi) is 3.46. The highest BCUT2D eigenvalue weighted by Crippen LogP contribution is 2.45. The molecule has 0 atom stereocenters. The van der Waals surface area contributed by atoms with Crippen LogP contribution in [0.25, 0.3) is 31.8 Å². The van der Waals surface area contributed by atoms with E-state index in [0.717, 1.165) is 15.6 Å². The van der Waals surface area contributed by atoms with E-state index in [1.165, 1.54) is 17.4 Å². The molecule has 0 fully saturated rings. The number of benzene rings is 2. The molecular formula is C18H13NO4S. The lowest BCUT2D eigenvalue weighted by Crippen LogP contribution is -1.99. The molecule has 6 heteroatoms. The van der Waals surface area contributed by atoms with Crippen molar-refractivity contribution in [1.82, 2.24) is 4.98 Å². The van der Waals surface area contributed by atoms with Crippen LogP contribution in [0.2, 0.25) is 0 Å². The Morgan fingerprint density at radius 2 is 1.92 bits per heavy atom. The number of nitrogens with zero attached hydrogens (tertiary/aromatic N) is 1. The lowest BCUT2D eigenvalue weighted by Gasteiger charge is -2.13. The number of hydrogen-bond donors (Lipinski definition) is 0. The van der Waals surface area contributed by atoms with E-state index < -0.39 is 5.63 Å². The highest BCUT2D eigenvalue weighted by atomic mass is 32.1. The van der Waals surface area contributed by atoms with Gasteiger partial charge in [0.25, 0.3) is 0 Å². The predicted molar refractivity (Wildman–Crippen MR) is 94.2 cm³/mol. The monoisotopic (exact) mass is 339 g/mol. The van der Waals surface area contributed by atoms with Gasteiger partial charge in [0, 0.05) is 11.5 Å². The third-order valence-electron chi connectivity index (χ3n) is 3.76. The minimum atomic E-state index is -0.419. The van der Waals surface area contributed by atoms with Crippen LogP contribution in [0.15, 0.2) is 51.7 Å². The Morgan fingerprint density at radius 1 is 1.08 bits per heavy atom. The van der Waals surface area contributed by atoms with E-state index in [2.05, 4.69) is 4.98 Å². The SMILES string of the molecule is COc1cc2ccc(=O)oc2c(-c2nc3ccccc3s2)c1OC. The Labute approximate surface area is 141 Å². The standard InChI is InChI=1S/C18H13NO4S/c1-21-12-9-10-7-8-14(20)23-16(10)15(17(12)22-2)18-19-11-5-3-4-6-13(11)24-18/h3-9H,1-2H3. The molecule has 0 N–H and O–H groups in total. The number of para-hydroxylation sites is 1. The van der Waals surface area contributed by atoms with Crippen molar-refractivity contribution in [3.8, 4) is 22.1 Å². The Balaban J connectivity index is 2.14. The summed E-state index contributed by atoms with van der Waals surface area (Å²) in [6.45, 7) is 0. The van der Waals surface area contributed by atoms with Crippen LogP contribution < -0.4 is 15.1 Å². The Bertz CT molecular complexity index is 1080. The molecule has 4 rings (SSSR count). The first-order valence-electron chi connectivity index (χ1n) is 7.26. The summed E-state index contributed by atoms with van der Waals surface area (Å²) in [5, 5.41) is 1.47. The summed E-state index contributed by atoms with van der Waals surface area (Å²) in [5.41, 5.74) is 1.54. The molecule has 0 aliphatic carbocycles. The fourth-order valence-electron chi connectivity index (χ4n) is 2.70. The van der Waals surface area contributed by atoms with E-state index in [9.17, 15) is 4.79 Å². The van der Waals surface area contributed by atoms with Crippen molar-refractivity contribution >= 4 is 32.5 Å². The number of ether oxygens (including phenoxy) is 2. The average Bonchev–Trinajstić information content (AvgIpc) is 3.03. The van der Waals surface area contributed by atoms with Gasteiger partial charge in [-0.2, -0.15) is 0 Å². The number of rotatable bonds is 3. The van der Waals surface area contributed by atoms with E-state index in [0.29, 0.717) is 27.7 Å². The maximum Gasteiger partial charge on any atom is 0.336 e. The summed E-state index contributed by atoms with van der Waals surface area (Å²) in [6.07, 6.45) is 0. The lowest BCUT2D eigenvalue weighted by atomic mass is 10.1. The van der Waals surface area contributed by atoms with Crippen LogP contribution in [0, 0.1) is 0 Å². The van der Waals surface area contributed by atoms with Crippen LogP contribution in [0.3, 0.4) is 0 Å². The summed E-state index contributed by atoms with van der Waals surface area (Å²) < 4.78 is 17.5. The van der Waals surface area contributed by atoms with Gasteiger partial charge in [0.2, 0.25) is 0 Å². The van der Waals surface area contributed by atoms with Gasteiger partial charge in [-0.15, -0.1) is 11.3 Å². The zero-order valence-electron chi connectivity index (χ0n) is 13.0. The van der Waals surface area contributed by atoms with E-state index in [1.807, 2.05) is 24.3 Å². The molecule has 0 spiro atoms. The Morgan fingerprint density at radius 3 is 2.67 bits per heavy atom. The number of fused-ring (bicyclic) bond motifs is 2. The van der Waals surface area contributed by atoms with Crippen LogP contribution in [0.4, 0.5) is 0 Å². The molecule has 0 saturated carbocycles. The zero-order chi connectivity index (χ0) is 16.7. The van der Waals surface area contributed by atoms with Crippen LogP contribution >= 0.6 is 11.3 Å². The molecule has 0 saturated heterocycles. The first-order valence-corrected chi connectivity index (χ1v) is 8.07. The topological polar surface area (TPSA) is 61.6 Å². The summed E-state index contributed by atoms with van der Waals surface area (Å²) in [5.74, 6) is 1.06. The molecule has 120 valence electrons. The van der Waals surface area contributed by atoms with Crippen LogP contribution in [-0.2, 0) is 0 Å². The van der Waals surface area contributed by atoms with Gasteiger partial charge in [-0.05, 0) is 24.3 Å². The molecule has 2 heterocycles. The van der Waals surface area contributed by atoms with Gasteiger partial charge in [-0.3, -0.25) is 0 Å². The molecule has 2 aromatic carbocycles. The quantitative estimate of drug-likeness (QED) is 0.526. The maximum absolute atomic E-state index is 11.7. The number of thiazole rings is 1. The highest BCUT2D eigenvalue weighted by Gasteiger charge is 2.21. The highest BCUT2D eigenvalue weighted by molar-refractivity contribution is 7.21. The first-order chi connectivity index (χ1) is 11.7. The van der Waals surface area contributed by atoms with Gasteiger partial charge in [0.05, 0.1) is 30.0 Å². The molecule has 24 heavy (non-hydrogen) atoms. The third-order valence-corrected chi connectivity index (χ3v) is 4.81. The number of hydrogen-bond acceptors (Lipinski definition) is 6. The molecule has 0 amide bonds. The Hall–Kier alpha value is -2.86. The lowest BCUT2D eigenvalue weighted by molar-refractivity contribution is 0.356. The summed E-state index contributed by atoms with van der Waals surface area (Å²) in [6, 6.07) is 12.7. The van der Waals surface area contributed by atoms with E-state index >= 15 is 0 Å². The summed E-state index contributed by atoms with van der Waals surface area (Å²) in [7, 11) is 3.13. The molecule has 0 aliphatic rings. The van der Waals surface area contributed by atoms with Gasteiger partial charge < -0.3 is 13.9 Å². The van der Waals surface area contributed by atoms with E-state index in [1.54, 1.807) is 26.4 Å². The van der Waals surface area contributed by atoms with Crippen molar-refractivity contribution in [2.24, 2.45) is 0 Å². The van der Waals surface area contributed by atoms with Gasteiger partial charge in [0.15, 0.2) is 17.1 Å². The maximum atomic E-state index is 11.7. The fourth-order valence-corrected chi connectivity index (χ4v) is 3.70. The van der Waals surface area contributed by atoms with Crippen molar-refractivity contribution in [3.05, 3.63) is 52.9 Å². The fraction of sp³-hybridized carbons (Fsp3) is 0.111. The first kappa shape index (κ1) is 14.7. The molecule has 4 aromatic rings. The van der Waals surface area contributed by atoms with Crippen molar-refractivity contribution in [1.29, 1.82) is 0 Å². The van der Waals surface area contributed by atoms with E-state index in [-0.39, 0.29) is 0 Å². The van der Waals surface area contributed by atoms with Crippen LogP contribution in [0.1, 0.15) is 0 Å². The largest absolute Gasteiger partial charge is 0.493 e. The predicted octanol–water partition coefficient (Wildman–Crippen LogP) is 4.09. The minimum Gasteiger partial charge on any atom is -0.493 e. The third kappa shape index (κ3) is 2.23. The molecule has 0 bridgehead atoms. The van der Waals surface area contributed by atoms with Gasteiger partial charge in [-0.1, -0.05) is 12.1 Å². The van der Waals surface area contributed by atoms with Crippen molar-refractivity contribution in [3.63, 3.8) is 0 Å². The second-order valence-corrected chi connectivity index (χ2v) is 6.18. The molecule has 2 aromatic heterocycles. The second-order valence-electron chi connectivity index (χ2n) is 5.15. The van der Waals surface area contributed by atoms with Crippen molar-refractivity contribution in [2.45, 2.75) is 0 Å². The summed E-state index contributed by atoms with van der Waals surface area (Å²) >= 11 is 1.51. The second kappa shape index (κ2) is 5.65. The van der Waals surface area contributed by atoms with Crippen molar-refractivity contribution < 1.29 is 13.9 Å². The molecule has 0 unspecified atom stereocenters. The minimum absolute atomic E-state index is 0.419. The average molecular weight is 339 g/mol. The van der Waals surface area contributed by atoms with Gasteiger partial charge in [0.1, 0.15) is 5.01 Å². The molecule has 0 radical (unpaired) electrons. The van der Waals surface area contributed by atoms with Gasteiger partial charge in [-0.25, -0.2) is 9.78 Å². The molecular weight excluding hydrogens is 326 g/mol. The van der Waals surface area contributed by atoms with E-state index in [4.69, 9.17) is 13.9 Å². The van der Waals surface area contributed by atoms with Crippen LogP contribution in [0.5, 0.6) is 11.5 Å². The smallest absolute Gasteiger partial charge is 0.336 e. The molecule has 0 aliphatic heterocycles. The zero-order valence-corrected chi connectivity index (χ0v) is 13.8.